The highest BCUT2D eigenvalue weighted by atomic mass is 32.1. The smallest absolute Gasteiger partial charge is 0.275 e. The molecule has 1 atom stereocenters. The van der Waals surface area contributed by atoms with Crippen molar-refractivity contribution in [2.75, 3.05) is 13.1 Å². The Balaban J connectivity index is 2.06. The minimum Gasteiger partial charge on any atom is -0.392 e. The van der Waals surface area contributed by atoms with Gasteiger partial charge in [0.25, 0.3) is 5.91 Å². The van der Waals surface area contributed by atoms with Crippen molar-refractivity contribution in [2.45, 2.75) is 19.1 Å². The lowest BCUT2D eigenvalue weighted by atomic mass is 10.1. The SMILES string of the molecule is NNC(=O)c1sc2cccc(F)c2c1CN1CCC(O)C1. The summed E-state index contributed by atoms with van der Waals surface area (Å²) in [5.74, 6) is 4.47. The van der Waals surface area contributed by atoms with Crippen molar-refractivity contribution in [3.63, 3.8) is 0 Å². The quantitative estimate of drug-likeness (QED) is 0.452. The standard InChI is InChI=1S/C14H16FN3O2S/c15-10-2-1-3-11-12(10)9(13(21-11)14(20)17-16)7-18-5-4-8(19)6-18/h1-3,8,19H,4-7,16H2,(H,17,20). The summed E-state index contributed by atoms with van der Waals surface area (Å²) >= 11 is 1.23. The van der Waals surface area contributed by atoms with E-state index in [2.05, 4.69) is 5.43 Å². The molecule has 1 aliphatic rings. The number of aliphatic hydroxyl groups excluding tert-OH is 1. The van der Waals surface area contributed by atoms with Crippen molar-refractivity contribution in [2.24, 2.45) is 5.84 Å². The van der Waals surface area contributed by atoms with E-state index in [4.69, 9.17) is 5.84 Å². The number of fused-ring (bicyclic) bond motifs is 1. The van der Waals surface area contributed by atoms with Gasteiger partial charge in [-0.1, -0.05) is 6.07 Å². The largest absolute Gasteiger partial charge is 0.392 e. The van der Waals surface area contributed by atoms with Crippen LogP contribution in [0.2, 0.25) is 0 Å². The molecule has 112 valence electrons. The molecule has 1 unspecified atom stereocenters. The number of hydrazine groups is 1. The number of thiophene rings is 1. The van der Waals surface area contributed by atoms with Crippen molar-refractivity contribution >= 4 is 27.3 Å². The van der Waals surface area contributed by atoms with E-state index in [1.807, 2.05) is 4.90 Å². The van der Waals surface area contributed by atoms with E-state index in [-0.39, 0.29) is 11.9 Å². The maximum Gasteiger partial charge on any atom is 0.275 e. The van der Waals surface area contributed by atoms with Gasteiger partial charge in [-0.25, -0.2) is 10.2 Å². The molecule has 1 aliphatic heterocycles. The minimum absolute atomic E-state index is 0.338. The number of hydrogen-bond acceptors (Lipinski definition) is 5. The highest BCUT2D eigenvalue weighted by Crippen LogP contribution is 2.34. The molecule has 0 spiro atoms. The molecular weight excluding hydrogens is 293 g/mol. The van der Waals surface area contributed by atoms with E-state index in [1.54, 1.807) is 12.1 Å². The molecule has 7 heteroatoms. The van der Waals surface area contributed by atoms with Gasteiger partial charge in [-0.05, 0) is 18.6 Å². The van der Waals surface area contributed by atoms with Crippen LogP contribution in [0.15, 0.2) is 18.2 Å². The molecule has 3 rings (SSSR count). The number of nitrogens with zero attached hydrogens (tertiary/aromatic N) is 1. The molecule has 1 aromatic heterocycles. The van der Waals surface area contributed by atoms with Gasteiger partial charge in [0.1, 0.15) is 5.82 Å². The van der Waals surface area contributed by atoms with Gasteiger partial charge in [-0.3, -0.25) is 15.1 Å². The molecule has 2 aromatic rings. The van der Waals surface area contributed by atoms with E-state index >= 15 is 0 Å². The number of rotatable bonds is 3. The van der Waals surface area contributed by atoms with Crippen LogP contribution in [0.25, 0.3) is 10.1 Å². The number of hydrogen-bond donors (Lipinski definition) is 3. The highest BCUT2D eigenvalue weighted by Gasteiger charge is 2.25. The number of amides is 1. The Bertz CT molecular complexity index is 688. The highest BCUT2D eigenvalue weighted by molar-refractivity contribution is 7.21. The first kappa shape index (κ1) is 14.4. The van der Waals surface area contributed by atoms with Gasteiger partial charge < -0.3 is 5.11 Å². The zero-order chi connectivity index (χ0) is 15.0. The summed E-state index contributed by atoms with van der Waals surface area (Å²) in [5, 5.41) is 10.1. The molecule has 0 radical (unpaired) electrons. The van der Waals surface area contributed by atoms with Crippen LogP contribution in [0.5, 0.6) is 0 Å². The van der Waals surface area contributed by atoms with Crippen LogP contribution >= 0.6 is 11.3 Å². The average molecular weight is 309 g/mol. The second-order valence-corrected chi connectivity index (χ2v) is 6.23. The monoisotopic (exact) mass is 309 g/mol. The lowest BCUT2D eigenvalue weighted by Gasteiger charge is -2.15. The predicted molar refractivity (Wildman–Crippen MR) is 79.3 cm³/mol. The van der Waals surface area contributed by atoms with E-state index in [1.165, 1.54) is 17.4 Å². The van der Waals surface area contributed by atoms with Crippen LogP contribution in [-0.4, -0.2) is 35.1 Å². The normalized spacial score (nSPS) is 19.3. The Kier molecular flexibility index (Phi) is 3.90. The Morgan fingerprint density at radius 1 is 1.57 bits per heavy atom. The lowest BCUT2D eigenvalue weighted by Crippen LogP contribution is -2.31. The second kappa shape index (κ2) is 5.69. The van der Waals surface area contributed by atoms with Crippen molar-refractivity contribution in [3.8, 4) is 0 Å². The Morgan fingerprint density at radius 2 is 2.38 bits per heavy atom. The molecule has 0 saturated carbocycles. The van der Waals surface area contributed by atoms with Crippen LogP contribution in [0, 0.1) is 5.82 Å². The number of aliphatic hydroxyl groups is 1. The first-order chi connectivity index (χ1) is 10.1. The number of benzene rings is 1. The van der Waals surface area contributed by atoms with Crippen LogP contribution in [0.4, 0.5) is 4.39 Å². The topological polar surface area (TPSA) is 78.6 Å². The molecular formula is C14H16FN3O2S. The van der Waals surface area contributed by atoms with E-state index < -0.39 is 5.91 Å². The van der Waals surface area contributed by atoms with E-state index in [9.17, 15) is 14.3 Å². The molecule has 0 bridgehead atoms. The van der Waals surface area contributed by atoms with Crippen molar-refractivity contribution in [1.29, 1.82) is 0 Å². The number of nitrogens with two attached hydrogens (primary N) is 1. The summed E-state index contributed by atoms with van der Waals surface area (Å²) in [7, 11) is 0. The van der Waals surface area contributed by atoms with Gasteiger partial charge in [0, 0.05) is 35.3 Å². The maximum absolute atomic E-state index is 14.2. The van der Waals surface area contributed by atoms with Gasteiger partial charge in [0.15, 0.2) is 0 Å². The average Bonchev–Trinajstić information content (AvgIpc) is 3.03. The van der Waals surface area contributed by atoms with E-state index in [0.29, 0.717) is 35.3 Å². The third-order valence-corrected chi connectivity index (χ3v) is 4.93. The number of halogens is 1. The van der Waals surface area contributed by atoms with Crippen LogP contribution in [0.1, 0.15) is 21.7 Å². The summed E-state index contributed by atoms with van der Waals surface area (Å²) < 4.78 is 14.9. The number of nitrogens with one attached hydrogen (secondary N) is 1. The molecule has 1 amide bonds. The molecule has 4 N–H and O–H groups in total. The maximum atomic E-state index is 14.2. The number of nitrogen functional groups attached to an aromatic ring is 1. The van der Waals surface area contributed by atoms with Gasteiger partial charge >= 0.3 is 0 Å². The van der Waals surface area contributed by atoms with Crippen molar-refractivity contribution < 1.29 is 14.3 Å². The molecule has 1 aromatic carbocycles. The first-order valence-corrected chi connectivity index (χ1v) is 7.53. The molecule has 21 heavy (non-hydrogen) atoms. The third kappa shape index (κ3) is 2.65. The summed E-state index contributed by atoms with van der Waals surface area (Å²) in [6, 6.07) is 4.81. The molecule has 5 nitrogen and oxygen atoms in total. The lowest BCUT2D eigenvalue weighted by molar-refractivity contribution is 0.0956. The van der Waals surface area contributed by atoms with Crippen molar-refractivity contribution in [3.05, 3.63) is 34.5 Å². The fourth-order valence-electron chi connectivity index (χ4n) is 2.75. The summed E-state index contributed by atoms with van der Waals surface area (Å²) in [4.78, 5) is 14.4. The third-order valence-electron chi connectivity index (χ3n) is 3.73. The summed E-state index contributed by atoms with van der Waals surface area (Å²) in [6.07, 6.45) is 0.342. The van der Waals surface area contributed by atoms with Gasteiger partial charge in [-0.15, -0.1) is 11.3 Å². The Labute approximate surface area is 125 Å². The predicted octanol–water partition coefficient (Wildman–Crippen LogP) is 1.21. The molecule has 0 aliphatic carbocycles. The summed E-state index contributed by atoms with van der Waals surface area (Å²) in [6.45, 7) is 1.70. The van der Waals surface area contributed by atoms with Crippen LogP contribution < -0.4 is 11.3 Å². The fraction of sp³-hybridized carbons (Fsp3) is 0.357. The fourth-order valence-corrected chi connectivity index (χ4v) is 3.88. The minimum atomic E-state index is -0.412. The first-order valence-electron chi connectivity index (χ1n) is 6.71. The second-order valence-electron chi connectivity index (χ2n) is 5.17. The summed E-state index contributed by atoms with van der Waals surface area (Å²) in [5.41, 5.74) is 2.76. The van der Waals surface area contributed by atoms with E-state index in [0.717, 1.165) is 11.2 Å². The Morgan fingerprint density at radius 3 is 3.05 bits per heavy atom. The Hall–Kier alpha value is -1.54. The molecule has 1 fully saturated rings. The van der Waals surface area contributed by atoms with Crippen molar-refractivity contribution in [1.82, 2.24) is 10.3 Å². The zero-order valence-corrected chi connectivity index (χ0v) is 12.1. The van der Waals surface area contributed by atoms with Gasteiger partial charge in [-0.2, -0.15) is 0 Å². The number of carbonyl (C=O) groups excluding carboxylic acids is 1. The number of likely N-dealkylation sites (tertiary alicyclic amines) is 1. The molecule has 2 heterocycles. The van der Waals surface area contributed by atoms with Gasteiger partial charge in [0.05, 0.1) is 11.0 Å². The van der Waals surface area contributed by atoms with Crippen LogP contribution in [-0.2, 0) is 6.54 Å². The number of carbonyl (C=O) groups is 1. The zero-order valence-electron chi connectivity index (χ0n) is 11.3. The van der Waals surface area contributed by atoms with Gasteiger partial charge in [0.2, 0.25) is 0 Å². The number of β-amino-alcohol motifs (C(OH)–C–C–N with tert-alkyl or cyclic N) is 1. The molecule has 1 saturated heterocycles. The van der Waals surface area contributed by atoms with Crippen LogP contribution in [0.3, 0.4) is 0 Å².